The third kappa shape index (κ3) is 5.85. The van der Waals surface area contributed by atoms with Crippen LogP contribution in [0.5, 0.6) is 0 Å². The first kappa shape index (κ1) is 24.7. The monoisotopic (exact) mass is 500 g/mol. The van der Waals surface area contributed by atoms with Gasteiger partial charge in [0, 0.05) is 30.6 Å². The summed E-state index contributed by atoms with van der Waals surface area (Å²) >= 11 is 1.71. The van der Waals surface area contributed by atoms with Crippen molar-refractivity contribution in [1.29, 1.82) is 0 Å². The molecule has 2 aliphatic heterocycles. The minimum absolute atomic E-state index is 0.0292. The summed E-state index contributed by atoms with van der Waals surface area (Å²) in [6.45, 7) is 4.91. The molecule has 2 fully saturated rings. The Morgan fingerprint density at radius 1 is 0.806 bits per heavy atom. The molecule has 3 aromatic carbocycles. The average Bonchev–Trinajstić information content (AvgIpc) is 3.66. The lowest BCUT2D eigenvalue weighted by Crippen LogP contribution is -2.37. The van der Waals surface area contributed by atoms with Gasteiger partial charge < -0.3 is 9.80 Å². The van der Waals surface area contributed by atoms with Crippen molar-refractivity contribution in [2.45, 2.75) is 25.2 Å². The maximum Gasteiger partial charge on any atom is 0.254 e. The molecule has 186 valence electrons. The third-order valence-corrected chi connectivity index (χ3v) is 8.10. The molecule has 36 heavy (non-hydrogen) atoms. The van der Waals surface area contributed by atoms with Gasteiger partial charge in [-0.2, -0.15) is 11.3 Å². The lowest BCUT2D eigenvalue weighted by molar-refractivity contribution is 0.0784. The van der Waals surface area contributed by atoms with Crippen LogP contribution in [0.15, 0.2) is 89.6 Å². The average molecular weight is 501 g/mol. The van der Waals surface area contributed by atoms with E-state index < -0.39 is 0 Å². The Morgan fingerprint density at radius 3 is 2.19 bits per heavy atom. The fourth-order valence-corrected chi connectivity index (χ4v) is 6.00. The minimum Gasteiger partial charge on any atom is -0.338 e. The molecule has 0 saturated carbocycles. The molecule has 6 rings (SSSR count). The van der Waals surface area contributed by atoms with E-state index in [-0.39, 0.29) is 11.7 Å². The predicted molar refractivity (Wildman–Crippen MR) is 147 cm³/mol. The summed E-state index contributed by atoms with van der Waals surface area (Å²) in [5.41, 5.74) is 2.08. The fraction of sp³-hybridized carbons (Fsp3) is 0.323. The Kier molecular flexibility index (Phi) is 8.09. The molecule has 5 heteroatoms. The number of carbonyl (C=O) groups is 1. The number of benzene rings is 3. The quantitative estimate of drug-likeness (QED) is 0.299. The number of carbonyl (C=O) groups excluding carboxylic acids is 1. The number of nitrogens with zero attached hydrogens (tertiary/aromatic N) is 2. The van der Waals surface area contributed by atoms with Crippen LogP contribution in [0.3, 0.4) is 0 Å². The fourth-order valence-electron chi connectivity index (χ4n) is 5.55. The van der Waals surface area contributed by atoms with Crippen LogP contribution in [0.4, 0.5) is 4.39 Å². The maximum atomic E-state index is 14.1. The van der Waals surface area contributed by atoms with E-state index in [0.717, 1.165) is 39.1 Å². The molecule has 2 saturated heterocycles. The maximum absolute atomic E-state index is 14.1. The van der Waals surface area contributed by atoms with Crippen LogP contribution in [0, 0.1) is 11.7 Å². The zero-order valence-corrected chi connectivity index (χ0v) is 21.4. The van der Waals surface area contributed by atoms with Crippen LogP contribution in [-0.2, 0) is 0 Å². The second kappa shape index (κ2) is 11.8. The van der Waals surface area contributed by atoms with Crippen LogP contribution >= 0.6 is 11.3 Å². The van der Waals surface area contributed by atoms with Gasteiger partial charge in [0.15, 0.2) is 0 Å². The number of fused-ring (bicyclic) bond motifs is 1. The highest BCUT2D eigenvalue weighted by molar-refractivity contribution is 7.07. The van der Waals surface area contributed by atoms with E-state index >= 15 is 0 Å². The summed E-state index contributed by atoms with van der Waals surface area (Å²) in [7, 11) is 0. The third-order valence-electron chi connectivity index (χ3n) is 7.47. The smallest absolute Gasteiger partial charge is 0.254 e. The number of hydrogen-bond acceptors (Lipinski definition) is 3. The molecule has 2 aliphatic rings. The molecule has 1 aromatic heterocycles. The molecule has 0 bridgehead atoms. The summed E-state index contributed by atoms with van der Waals surface area (Å²) < 4.78 is 14.1. The number of rotatable bonds is 4. The van der Waals surface area contributed by atoms with Gasteiger partial charge in [0.25, 0.3) is 5.91 Å². The summed E-state index contributed by atoms with van der Waals surface area (Å²) in [5, 5.41) is 5.31. The van der Waals surface area contributed by atoms with E-state index in [9.17, 15) is 9.18 Å². The SMILES string of the molecule is O=C(c1ccc(F)c2ccccc12)N1CC[C@H](CN2CCC(c3ccccc3)CC2)C1.c1ccsc1. The number of halogens is 1. The molecule has 0 N–H and O–H groups in total. The molecular formula is C31H33FN2OS. The topological polar surface area (TPSA) is 23.6 Å². The second-order valence-corrected chi connectivity index (χ2v) is 10.6. The minimum atomic E-state index is -0.273. The van der Waals surface area contributed by atoms with Crippen LogP contribution < -0.4 is 0 Å². The van der Waals surface area contributed by atoms with Gasteiger partial charge in [0.1, 0.15) is 5.82 Å². The van der Waals surface area contributed by atoms with Crippen molar-refractivity contribution in [2.75, 3.05) is 32.7 Å². The van der Waals surface area contributed by atoms with Crippen molar-refractivity contribution in [1.82, 2.24) is 9.80 Å². The van der Waals surface area contributed by atoms with Crippen molar-refractivity contribution in [3.05, 3.63) is 107 Å². The molecule has 3 heterocycles. The first-order valence-corrected chi connectivity index (χ1v) is 13.8. The Labute approximate surface area is 217 Å². The van der Waals surface area contributed by atoms with Gasteiger partial charge in [-0.25, -0.2) is 4.39 Å². The predicted octanol–water partition coefficient (Wildman–Crippen LogP) is 7.07. The normalized spacial score (nSPS) is 18.7. The summed E-state index contributed by atoms with van der Waals surface area (Å²) in [4.78, 5) is 17.7. The van der Waals surface area contributed by atoms with E-state index in [1.807, 2.05) is 46.0 Å². The highest BCUT2D eigenvalue weighted by atomic mass is 32.1. The van der Waals surface area contributed by atoms with E-state index in [4.69, 9.17) is 0 Å². The number of thiophene rings is 1. The molecule has 0 spiro atoms. The Hall–Kier alpha value is -3.02. The largest absolute Gasteiger partial charge is 0.338 e. The van der Waals surface area contributed by atoms with Crippen LogP contribution in [0.2, 0.25) is 0 Å². The number of amides is 1. The summed E-state index contributed by atoms with van der Waals surface area (Å²) in [6, 6.07) is 25.2. The molecule has 0 aliphatic carbocycles. The molecule has 1 amide bonds. The lowest BCUT2D eigenvalue weighted by atomic mass is 9.89. The summed E-state index contributed by atoms with van der Waals surface area (Å²) in [5.74, 6) is 0.946. The Balaban J connectivity index is 0.000000477. The van der Waals surface area contributed by atoms with Gasteiger partial charge >= 0.3 is 0 Å². The molecule has 4 aromatic rings. The van der Waals surface area contributed by atoms with E-state index in [2.05, 4.69) is 35.2 Å². The zero-order valence-electron chi connectivity index (χ0n) is 20.6. The van der Waals surface area contributed by atoms with Crippen LogP contribution in [-0.4, -0.2) is 48.4 Å². The number of piperidine rings is 1. The number of likely N-dealkylation sites (tertiary alicyclic amines) is 2. The Morgan fingerprint density at radius 2 is 1.50 bits per heavy atom. The van der Waals surface area contributed by atoms with E-state index in [1.165, 1.54) is 24.5 Å². The molecule has 3 nitrogen and oxygen atoms in total. The van der Waals surface area contributed by atoms with Gasteiger partial charge in [-0.1, -0.05) is 66.7 Å². The van der Waals surface area contributed by atoms with Gasteiger partial charge in [-0.15, -0.1) is 0 Å². The van der Waals surface area contributed by atoms with Gasteiger partial charge in [-0.05, 0) is 78.0 Å². The molecule has 0 unspecified atom stereocenters. The van der Waals surface area contributed by atoms with Crippen molar-refractivity contribution in [2.24, 2.45) is 5.92 Å². The molecule has 1 atom stereocenters. The van der Waals surface area contributed by atoms with Crippen LogP contribution in [0.1, 0.15) is 41.1 Å². The second-order valence-electron chi connectivity index (χ2n) is 9.83. The molecule has 0 radical (unpaired) electrons. The number of hydrogen-bond donors (Lipinski definition) is 0. The highest BCUT2D eigenvalue weighted by Gasteiger charge is 2.30. The van der Waals surface area contributed by atoms with Crippen molar-refractivity contribution in [3.63, 3.8) is 0 Å². The van der Waals surface area contributed by atoms with Crippen molar-refractivity contribution in [3.8, 4) is 0 Å². The standard InChI is InChI=1S/C27H29FN2O.C4H4S/c28-26-11-10-25(23-8-4-5-9-24(23)26)27(31)30-17-12-20(19-30)18-29-15-13-22(14-16-29)21-6-2-1-3-7-21;1-2-4-5-3-1/h1-11,20,22H,12-19H2;1-4H/t20-;/m1./s1. The van der Waals surface area contributed by atoms with Crippen molar-refractivity contribution < 1.29 is 9.18 Å². The van der Waals surface area contributed by atoms with Gasteiger partial charge in [0.2, 0.25) is 0 Å². The van der Waals surface area contributed by atoms with Crippen LogP contribution in [0.25, 0.3) is 10.8 Å². The van der Waals surface area contributed by atoms with E-state index in [0.29, 0.717) is 28.2 Å². The van der Waals surface area contributed by atoms with E-state index in [1.54, 1.807) is 23.5 Å². The van der Waals surface area contributed by atoms with Gasteiger partial charge in [0.05, 0.1) is 0 Å². The zero-order chi connectivity index (χ0) is 24.7. The lowest BCUT2D eigenvalue weighted by Gasteiger charge is -2.33. The first-order chi connectivity index (χ1) is 17.7. The first-order valence-electron chi connectivity index (χ1n) is 12.9. The molecular weight excluding hydrogens is 467 g/mol. The highest BCUT2D eigenvalue weighted by Crippen LogP contribution is 2.30. The van der Waals surface area contributed by atoms with Crippen molar-refractivity contribution >= 4 is 28.0 Å². The Bertz CT molecular complexity index is 1240. The van der Waals surface area contributed by atoms with Gasteiger partial charge in [-0.3, -0.25) is 4.79 Å². The summed E-state index contributed by atoms with van der Waals surface area (Å²) in [6.07, 6.45) is 3.46.